The first-order chi connectivity index (χ1) is 13.5. The number of aromatic nitrogens is 2. The van der Waals surface area contributed by atoms with Crippen LogP contribution in [0, 0.1) is 5.82 Å². The molecule has 2 aromatic carbocycles. The van der Waals surface area contributed by atoms with Crippen LogP contribution >= 0.6 is 12.4 Å². The normalized spacial score (nSPS) is 13.9. The van der Waals surface area contributed by atoms with E-state index in [1.165, 1.54) is 0 Å². The molecule has 1 unspecified atom stereocenters. The fourth-order valence-electron chi connectivity index (χ4n) is 3.34. The van der Waals surface area contributed by atoms with Crippen LogP contribution in [0.15, 0.2) is 36.4 Å². The summed E-state index contributed by atoms with van der Waals surface area (Å²) in [7, 11) is 0. The average molecular weight is 418 g/mol. The van der Waals surface area contributed by atoms with Gasteiger partial charge in [0.15, 0.2) is 5.69 Å². The maximum absolute atomic E-state index is 14.7. The van der Waals surface area contributed by atoms with Gasteiger partial charge in [-0.05, 0) is 43.1 Å². The Morgan fingerprint density at radius 2 is 2.00 bits per heavy atom. The van der Waals surface area contributed by atoms with E-state index >= 15 is 0 Å². The minimum atomic E-state index is -0.861. The highest BCUT2D eigenvalue weighted by Crippen LogP contribution is 2.24. The second kappa shape index (κ2) is 8.59. The number of para-hydroxylation sites is 1. The predicted molar refractivity (Wildman–Crippen MR) is 111 cm³/mol. The van der Waals surface area contributed by atoms with E-state index in [1.54, 1.807) is 31.2 Å². The van der Waals surface area contributed by atoms with E-state index < -0.39 is 23.7 Å². The highest BCUT2D eigenvalue weighted by molar-refractivity contribution is 6.07. The topological polar surface area (TPSA) is 98.9 Å². The van der Waals surface area contributed by atoms with Gasteiger partial charge in [-0.2, -0.15) is 5.10 Å². The molecule has 9 heteroatoms. The van der Waals surface area contributed by atoms with Crippen molar-refractivity contribution in [2.45, 2.75) is 25.9 Å². The van der Waals surface area contributed by atoms with Gasteiger partial charge in [-0.15, -0.1) is 12.4 Å². The summed E-state index contributed by atoms with van der Waals surface area (Å²) in [5.74, 6) is -1.39. The summed E-state index contributed by atoms with van der Waals surface area (Å²) in [5.41, 5.74) is 2.58. The second-order valence-electron chi connectivity index (χ2n) is 6.79. The van der Waals surface area contributed by atoms with E-state index in [2.05, 4.69) is 26.1 Å². The summed E-state index contributed by atoms with van der Waals surface area (Å²) in [6.45, 7) is 2.86. The molecule has 7 nitrogen and oxygen atoms in total. The van der Waals surface area contributed by atoms with Gasteiger partial charge in [-0.3, -0.25) is 14.7 Å². The summed E-state index contributed by atoms with van der Waals surface area (Å²) < 4.78 is 14.7. The molecule has 0 bridgehead atoms. The van der Waals surface area contributed by atoms with Crippen LogP contribution in [0.1, 0.15) is 28.5 Å². The van der Waals surface area contributed by atoms with Crippen LogP contribution in [-0.2, 0) is 17.8 Å². The number of fused-ring (bicyclic) bond motifs is 2. The smallest absolute Gasteiger partial charge is 0.273 e. The number of aromatic amines is 1. The Balaban J connectivity index is 0.00000240. The summed E-state index contributed by atoms with van der Waals surface area (Å²) in [5, 5.41) is 15.8. The third-order valence-corrected chi connectivity index (χ3v) is 4.89. The Bertz CT molecular complexity index is 1070. The molecule has 0 radical (unpaired) electrons. The molecule has 1 atom stereocenters. The number of amides is 2. The van der Waals surface area contributed by atoms with Crippen molar-refractivity contribution in [2.24, 2.45) is 0 Å². The second-order valence-corrected chi connectivity index (χ2v) is 6.79. The van der Waals surface area contributed by atoms with E-state index in [0.29, 0.717) is 30.5 Å². The fourth-order valence-corrected chi connectivity index (χ4v) is 3.34. The van der Waals surface area contributed by atoms with Crippen LogP contribution in [0.3, 0.4) is 0 Å². The molecule has 3 aromatic rings. The van der Waals surface area contributed by atoms with E-state index in [4.69, 9.17) is 0 Å². The van der Waals surface area contributed by atoms with Gasteiger partial charge in [-0.25, -0.2) is 4.39 Å². The van der Waals surface area contributed by atoms with Crippen LogP contribution in [0.5, 0.6) is 0 Å². The molecule has 29 heavy (non-hydrogen) atoms. The number of carbonyl (C=O) groups is 2. The van der Waals surface area contributed by atoms with Gasteiger partial charge in [0.1, 0.15) is 11.9 Å². The third-order valence-electron chi connectivity index (χ3n) is 4.89. The van der Waals surface area contributed by atoms with E-state index in [0.717, 1.165) is 11.1 Å². The van der Waals surface area contributed by atoms with Crippen molar-refractivity contribution in [2.75, 3.05) is 11.9 Å². The van der Waals surface area contributed by atoms with Crippen LogP contribution in [0.4, 0.5) is 10.1 Å². The van der Waals surface area contributed by atoms with Gasteiger partial charge in [0.2, 0.25) is 5.91 Å². The molecule has 2 amide bonds. The van der Waals surface area contributed by atoms with Gasteiger partial charge >= 0.3 is 0 Å². The van der Waals surface area contributed by atoms with E-state index in [9.17, 15) is 14.0 Å². The number of nitrogens with one attached hydrogen (secondary N) is 4. The number of H-pyrrole nitrogens is 1. The van der Waals surface area contributed by atoms with Crippen LogP contribution in [-0.4, -0.2) is 34.6 Å². The largest absolute Gasteiger partial charge is 0.339 e. The van der Waals surface area contributed by atoms with Crippen LogP contribution in [0.25, 0.3) is 10.9 Å². The zero-order valence-electron chi connectivity index (χ0n) is 15.7. The summed E-state index contributed by atoms with van der Waals surface area (Å²) in [6, 6.07) is 9.72. The van der Waals surface area contributed by atoms with E-state index in [-0.39, 0.29) is 23.8 Å². The number of anilines is 1. The summed E-state index contributed by atoms with van der Waals surface area (Å²) in [6.07, 6.45) is 0.573. The molecule has 0 fully saturated rings. The molecule has 4 rings (SSSR count). The summed E-state index contributed by atoms with van der Waals surface area (Å²) >= 11 is 0. The van der Waals surface area contributed by atoms with Gasteiger partial charge in [-0.1, -0.05) is 24.3 Å². The molecule has 0 saturated carbocycles. The molecule has 1 aromatic heterocycles. The number of carbonyl (C=O) groups excluding carboxylic acids is 2. The van der Waals surface area contributed by atoms with Gasteiger partial charge < -0.3 is 16.0 Å². The molecular weight excluding hydrogens is 397 g/mol. The first-order valence-corrected chi connectivity index (χ1v) is 9.10. The Hall–Kier alpha value is -2.97. The minimum Gasteiger partial charge on any atom is -0.339 e. The lowest BCUT2D eigenvalue weighted by atomic mass is 9.99. The van der Waals surface area contributed by atoms with Crippen molar-refractivity contribution in [3.05, 3.63) is 59.0 Å². The lowest BCUT2D eigenvalue weighted by Crippen LogP contribution is -2.42. The number of hydrogen-bond donors (Lipinski definition) is 4. The highest BCUT2D eigenvalue weighted by atomic mass is 35.5. The minimum absolute atomic E-state index is 0. The first kappa shape index (κ1) is 20.8. The molecule has 1 aliphatic rings. The first-order valence-electron chi connectivity index (χ1n) is 9.10. The van der Waals surface area contributed by atoms with Crippen molar-refractivity contribution in [3.8, 4) is 0 Å². The molecule has 1 aliphatic heterocycles. The van der Waals surface area contributed by atoms with Gasteiger partial charge in [0.25, 0.3) is 5.91 Å². The molecule has 0 saturated heterocycles. The highest BCUT2D eigenvalue weighted by Gasteiger charge is 2.22. The van der Waals surface area contributed by atoms with Crippen molar-refractivity contribution in [3.63, 3.8) is 0 Å². The fraction of sp³-hybridized carbons (Fsp3) is 0.250. The van der Waals surface area contributed by atoms with Crippen molar-refractivity contribution in [1.29, 1.82) is 0 Å². The zero-order valence-corrected chi connectivity index (χ0v) is 16.5. The van der Waals surface area contributed by atoms with E-state index in [1.807, 2.05) is 12.1 Å². The number of nitrogens with zero attached hydrogens (tertiary/aromatic N) is 1. The average Bonchev–Trinajstić information content (AvgIpc) is 3.14. The zero-order chi connectivity index (χ0) is 19.7. The Morgan fingerprint density at radius 1 is 1.21 bits per heavy atom. The summed E-state index contributed by atoms with van der Waals surface area (Å²) in [4.78, 5) is 25.0. The standard InChI is InChI=1S/C20H20FN5O2.ClH/c1-11(23-20(28)18-14-4-2-3-5-15(14)25-26-18)19(27)24-16-7-6-12-10-22-9-8-13(12)17(16)21;/h2-7,11,22H,8-10H2,1H3,(H,23,28)(H,24,27)(H,25,26);1H. The maximum atomic E-state index is 14.7. The van der Waals surface area contributed by atoms with Crippen LogP contribution in [0.2, 0.25) is 0 Å². The number of benzene rings is 2. The third kappa shape index (κ3) is 4.08. The molecule has 152 valence electrons. The number of rotatable bonds is 4. The molecule has 4 N–H and O–H groups in total. The Labute approximate surface area is 172 Å². The van der Waals surface area contributed by atoms with Crippen LogP contribution < -0.4 is 16.0 Å². The quantitative estimate of drug-likeness (QED) is 0.524. The van der Waals surface area contributed by atoms with Crippen molar-refractivity contribution in [1.82, 2.24) is 20.8 Å². The maximum Gasteiger partial charge on any atom is 0.273 e. The number of halogens is 2. The molecule has 0 spiro atoms. The lowest BCUT2D eigenvalue weighted by Gasteiger charge is -2.20. The Morgan fingerprint density at radius 3 is 2.83 bits per heavy atom. The van der Waals surface area contributed by atoms with Gasteiger partial charge in [0.05, 0.1) is 11.2 Å². The monoisotopic (exact) mass is 417 g/mol. The number of hydrogen-bond acceptors (Lipinski definition) is 4. The molecular formula is C20H21ClFN5O2. The lowest BCUT2D eigenvalue weighted by molar-refractivity contribution is -0.117. The SMILES string of the molecule is CC(NC(=O)c1n[nH]c2ccccc12)C(=O)Nc1ccc2c(c1F)CCNC2.Cl. The Kier molecular flexibility index (Phi) is 6.14. The predicted octanol–water partition coefficient (Wildman–Crippen LogP) is 2.53. The molecule has 0 aliphatic carbocycles. The van der Waals surface area contributed by atoms with Gasteiger partial charge in [0, 0.05) is 11.9 Å². The molecule has 2 heterocycles. The van der Waals surface area contributed by atoms with Crippen molar-refractivity contribution >= 4 is 40.8 Å². The van der Waals surface area contributed by atoms with Crippen molar-refractivity contribution < 1.29 is 14.0 Å².